The number of hydrogen-bond donors (Lipinski definition) is 2. The summed E-state index contributed by atoms with van der Waals surface area (Å²) < 4.78 is 0.167. The van der Waals surface area contributed by atoms with E-state index in [4.69, 9.17) is 0 Å². The minimum absolute atomic E-state index is 0. The monoisotopic (exact) mass is 240 g/mol. The van der Waals surface area contributed by atoms with Gasteiger partial charge in [0.15, 0.2) is 0 Å². The summed E-state index contributed by atoms with van der Waals surface area (Å²) in [7, 11) is 0. The van der Waals surface area contributed by atoms with E-state index in [1.54, 1.807) is 0 Å². The molecular formula is C2H4FeN2S4. The summed E-state index contributed by atoms with van der Waals surface area (Å²) in [6, 6.07) is 0. The molecule has 0 amide bonds. The van der Waals surface area contributed by atoms with Gasteiger partial charge in [-0.05, 0) is 0 Å². The molecule has 0 radical (unpaired) electrons. The molecule has 0 aromatic rings. The van der Waals surface area contributed by atoms with Gasteiger partial charge >= 0.3 is 17.1 Å². The molecule has 0 rings (SSSR count). The smallest absolute Gasteiger partial charge is 0.415 e. The summed E-state index contributed by atoms with van der Waals surface area (Å²) in [6.07, 6.45) is 0. The summed E-state index contributed by atoms with van der Waals surface area (Å²) >= 11 is 16.5. The van der Waals surface area contributed by atoms with Gasteiger partial charge in [0.1, 0.15) is 0 Å². The van der Waals surface area contributed by atoms with Crippen LogP contribution in [0.15, 0.2) is 0 Å². The second-order valence-electron chi connectivity index (χ2n) is 0.638. The molecule has 2 nitrogen and oxygen atoms in total. The summed E-state index contributed by atoms with van der Waals surface area (Å²) in [5, 5.41) is 0. The van der Waals surface area contributed by atoms with Crippen LogP contribution in [0.3, 0.4) is 0 Å². The molecule has 0 saturated carbocycles. The van der Waals surface area contributed by atoms with Crippen molar-refractivity contribution in [1.82, 2.24) is 0 Å². The molecule has 0 aliphatic rings. The molecule has 9 heavy (non-hydrogen) atoms. The van der Waals surface area contributed by atoms with Gasteiger partial charge in [-0.3, -0.25) is 0 Å². The van der Waals surface area contributed by atoms with E-state index in [2.05, 4.69) is 61.2 Å². The minimum Gasteiger partial charge on any atom is -0.415 e. The van der Waals surface area contributed by atoms with Crippen molar-refractivity contribution in [2.24, 2.45) is 11.5 Å². The maximum Gasteiger partial charge on any atom is 2.00 e. The van der Waals surface area contributed by atoms with Crippen LogP contribution in [0, 0.1) is 0 Å². The molecule has 0 unspecified atom stereocenters. The molecule has 0 fully saturated rings. The minimum atomic E-state index is 0. The van der Waals surface area contributed by atoms with Crippen molar-refractivity contribution in [2.75, 3.05) is 0 Å². The van der Waals surface area contributed by atoms with Crippen LogP contribution in [-0.2, 0) is 42.3 Å². The van der Waals surface area contributed by atoms with Gasteiger partial charge in [0, 0.05) is 0 Å². The molecule has 0 saturated heterocycles. The Morgan fingerprint density at radius 3 is 1.00 bits per heavy atom. The third-order valence-corrected chi connectivity index (χ3v) is 0. The zero-order valence-electron chi connectivity index (χ0n) is 4.14. The fourth-order valence-corrected chi connectivity index (χ4v) is 0. The van der Waals surface area contributed by atoms with Crippen LogP contribution >= 0.6 is 24.4 Å². The number of nitrogens with two attached hydrogens (primary N) is 2. The number of rotatable bonds is 0. The van der Waals surface area contributed by atoms with Crippen molar-refractivity contribution in [1.29, 1.82) is 0 Å². The van der Waals surface area contributed by atoms with E-state index in [1.807, 2.05) is 0 Å². The van der Waals surface area contributed by atoms with Gasteiger partial charge in [0.05, 0.1) is 0 Å². The topological polar surface area (TPSA) is 52.0 Å². The van der Waals surface area contributed by atoms with E-state index in [-0.39, 0.29) is 25.7 Å². The van der Waals surface area contributed by atoms with Crippen LogP contribution in [0.4, 0.5) is 0 Å². The van der Waals surface area contributed by atoms with Crippen LogP contribution in [-0.4, -0.2) is 8.64 Å². The van der Waals surface area contributed by atoms with Gasteiger partial charge in [-0.15, -0.1) is 0 Å². The van der Waals surface area contributed by atoms with Crippen LogP contribution in [0.5, 0.6) is 0 Å². The average molecular weight is 240 g/mol. The Hall–Kier alpha value is 0.739. The van der Waals surface area contributed by atoms with Gasteiger partial charge in [0.2, 0.25) is 0 Å². The molecule has 7 heteroatoms. The first-order valence-corrected chi connectivity index (χ1v) is 3.03. The predicted octanol–water partition coefficient (Wildman–Crippen LogP) is -0.449. The Balaban J connectivity index is -0.0000000720. The van der Waals surface area contributed by atoms with Crippen LogP contribution in [0.1, 0.15) is 0 Å². The Morgan fingerprint density at radius 1 is 1.00 bits per heavy atom. The Labute approximate surface area is 86.4 Å². The fourth-order valence-electron chi connectivity index (χ4n) is 0. The van der Waals surface area contributed by atoms with E-state index in [0.29, 0.717) is 0 Å². The summed E-state index contributed by atoms with van der Waals surface area (Å²) in [5.74, 6) is 0. The van der Waals surface area contributed by atoms with Crippen LogP contribution < -0.4 is 11.5 Å². The molecule has 0 aromatic carbocycles. The number of hydrogen-bond acceptors (Lipinski definition) is 4. The molecule has 0 aliphatic heterocycles. The van der Waals surface area contributed by atoms with Gasteiger partial charge < -0.3 is 61.2 Å². The molecule has 0 spiro atoms. The standard InChI is InChI=1S/2CH3NS2.Fe/c2*2-1(3)4;/h2*(H3,2,3,4);/q;;+2/p-2. The predicted molar refractivity (Wildman–Crippen MR) is 48.3 cm³/mol. The van der Waals surface area contributed by atoms with E-state index < -0.39 is 0 Å². The fraction of sp³-hybridized carbons (Fsp3) is 0. The van der Waals surface area contributed by atoms with Gasteiger partial charge in [-0.1, -0.05) is 8.64 Å². The largest absolute Gasteiger partial charge is 2.00 e. The molecule has 54 valence electrons. The second kappa shape index (κ2) is 11.5. The normalized spacial score (nSPS) is 5.33. The quantitative estimate of drug-likeness (QED) is 0.340. The van der Waals surface area contributed by atoms with Crippen molar-refractivity contribution in [3.8, 4) is 0 Å². The Morgan fingerprint density at radius 2 is 1.00 bits per heavy atom. The third kappa shape index (κ3) is 726. The molecule has 4 N–H and O–H groups in total. The molecule has 0 bridgehead atoms. The van der Waals surface area contributed by atoms with Crippen LogP contribution in [0.2, 0.25) is 0 Å². The van der Waals surface area contributed by atoms with Crippen LogP contribution in [0.25, 0.3) is 0 Å². The summed E-state index contributed by atoms with van der Waals surface area (Å²) in [4.78, 5) is 0. The van der Waals surface area contributed by atoms with Gasteiger partial charge in [0.25, 0.3) is 0 Å². The zero-order chi connectivity index (χ0) is 7.15. The maximum atomic E-state index is 4.66. The average Bonchev–Trinajstić information content (AvgIpc) is 1.25. The summed E-state index contributed by atoms with van der Waals surface area (Å²) in [6.45, 7) is 0. The van der Waals surface area contributed by atoms with E-state index in [0.717, 1.165) is 0 Å². The van der Waals surface area contributed by atoms with Crippen molar-refractivity contribution in [3.63, 3.8) is 0 Å². The third-order valence-electron chi connectivity index (χ3n) is 0. The SMILES string of the molecule is NC(=S)[S-].NC(=S)[S-].[Fe+2]. The molecular weight excluding hydrogens is 236 g/mol. The van der Waals surface area contributed by atoms with Gasteiger partial charge in [-0.2, -0.15) is 0 Å². The van der Waals surface area contributed by atoms with Crippen molar-refractivity contribution >= 4 is 58.3 Å². The first-order valence-electron chi connectivity index (χ1n) is 1.39. The van der Waals surface area contributed by atoms with Crippen molar-refractivity contribution < 1.29 is 17.1 Å². The first-order chi connectivity index (χ1) is 3.46. The Bertz CT molecular complexity index is 74.6. The van der Waals surface area contributed by atoms with Crippen molar-refractivity contribution in [2.45, 2.75) is 0 Å². The van der Waals surface area contributed by atoms with Crippen molar-refractivity contribution in [3.05, 3.63) is 0 Å². The summed E-state index contributed by atoms with van der Waals surface area (Å²) in [5.41, 5.74) is 9.31. The van der Waals surface area contributed by atoms with E-state index >= 15 is 0 Å². The zero-order valence-corrected chi connectivity index (χ0v) is 8.51. The molecule has 0 atom stereocenters. The number of thiocarbonyl (C=S) groups is 2. The second-order valence-corrected chi connectivity index (χ2v) is 2.91. The van der Waals surface area contributed by atoms with E-state index in [9.17, 15) is 0 Å². The Kier molecular flexibility index (Phi) is 21.0. The molecule has 0 aliphatic carbocycles. The molecule has 0 aromatic heterocycles. The molecule has 0 heterocycles. The first kappa shape index (κ1) is 16.4. The maximum absolute atomic E-state index is 4.66. The van der Waals surface area contributed by atoms with Gasteiger partial charge in [-0.25, -0.2) is 0 Å². The van der Waals surface area contributed by atoms with E-state index in [1.165, 1.54) is 0 Å².